The first-order valence-corrected chi connectivity index (χ1v) is 9.21. The Morgan fingerprint density at radius 3 is 2.77 bits per heavy atom. The van der Waals surface area contributed by atoms with Crippen LogP contribution in [0.2, 0.25) is 0 Å². The molecular formula is C19H25NO6. The van der Waals surface area contributed by atoms with E-state index in [4.69, 9.17) is 4.84 Å². The molecule has 3 N–H and O–H groups in total. The summed E-state index contributed by atoms with van der Waals surface area (Å²) >= 11 is 0. The fourth-order valence-electron chi connectivity index (χ4n) is 6.26. The first kappa shape index (κ1) is 17.5. The topological polar surface area (TPSA) is 113 Å². The van der Waals surface area contributed by atoms with Crippen molar-refractivity contribution < 1.29 is 25.2 Å². The predicted octanol–water partition coefficient (Wildman–Crippen LogP) is 2.36. The van der Waals surface area contributed by atoms with Crippen LogP contribution in [-0.4, -0.2) is 32.3 Å². The summed E-state index contributed by atoms with van der Waals surface area (Å²) in [6.45, 7) is 3.99. The smallest absolute Gasteiger partial charge is 0.297 e. The van der Waals surface area contributed by atoms with E-state index in [9.17, 15) is 25.4 Å². The largest absolute Gasteiger partial charge is 0.508 e. The van der Waals surface area contributed by atoms with Crippen LogP contribution in [-0.2, 0) is 11.3 Å². The molecule has 3 aliphatic rings. The fraction of sp³-hybridized carbons (Fsp3) is 0.684. The highest BCUT2D eigenvalue weighted by Crippen LogP contribution is 2.65. The lowest BCUT2D eigenvalue weighted by atomic mass is 9.50. The number of phenolic OH excluding ortho intramolecular Hbond substituents is 1. The Morgan fingerprint density at radius 2 is 2.08 bits per heavy atom. The van der Waals surface area contributed by atoms with Gasteiger partial charge in [0.2, 0.25) is 5.79 Å². The number of hydrogen-bond acceptors (Lipinski definition) is 6. The Bertz CT molecular complexity index is 754. The molecule has 26 heavy (non-hydrogen) atoms. The number of nitrogens with zero attached hydrogens (tertiary/aromatic N) is 1. The van der Waals surface area contributed by atoms with Crippen LogP contribution in [0.1, 0.15) is 50.2 Å². The fourth-order valence-corrected chi connectivity index (χ4v) is 6.26. The highest BCUT2D eigenvalue weighted by Gasteiger charge is 2.65. The van der Waals surface area contributed by atoms with E-state index >= 15 is 0 Å². The van der Waals surface area contributed by atoms with E-state index in [-0.39, 0.29) is 29.9 Å². The van der Waals surface area contributed by atoms with E-state index in [2.05, 4.69) is 6.92 Å². The van der Waals surface area contributed by atoms with Gasteiger partial charge in [0.1, 0.15) is 5.75 Å². The first-order valence-electron chi connectivity index (χ1n) is 9.21. The van der Waals surface area contributed by atoms with E-state index in [1.54, 1.807) is 18.2 Å². The SMILES string of the molecule is C[C@@H]1Cc2cc(O)ccc2[C@@H]2[C@@H]1[C@@H]1CC[C@H](O)[C@@]1(C)C[C@@]2(O)O[N+](=O)[O-]. The highest BCUT2D eigenvalue weighted by atomic mass is 17.0. The summed E-state index contributed by atoms with van der Waals surface area (Å²) in [5.41, 5.74) is 1.08. The summed E-state index contributed by atoms with van der Waals surface area (Å²) in [7, 11) is 0. The second-order valence-corrected chi connectivity index (χ2v) is 8.66. The Labute approximate surface area is 151 Å². The minimum Gasteiger partial charge on any atom is -0.508 e. The van der Waals surface area contributed by atoms with Crippen molar-refractivity contribution in [3.8, 4) is 5.75 Å². The number of hydrogen-bond donors (Lipinski definition) is 3. The molecule has 2 fully saturated rings. The molecule has 0 unspecified atom stereocenters. The first-order chi connectivity index (χ1) is 12.2. The van der Waals surface area contributed by atoms with Crippen LogP contribution >= 0.6 is 0 Å². The molecule has 7 nitrogen and oxygen atoms in total. The zero-order valence-electron chi connectivity index (χ0n) is 15.0. The number of benzene rings is 1. The summed E-state index contributed by atoms with van der Waals surface area (Å²) in [4.78, 5) is 16.1. The maximum absolute atomic E-state index is 11.4. The summed E-state index contributed by atoms with van der Waals surface area (Å²) in [6.07, 6.45) is 1.60. The molecule has 1 aromatic carbocycles. The zero-order valence-corrected chi connectivity index (χ0v) is 15.0. The van der Waals surface area contributed by atoms with Crippen LogP contribution in [0, 0.1) is 33.3 Å². The van der Waals surface area contributed by atoms with Gasteiger partial charge in [-0.05, 0) is 60.3 Å². The molecular weight excluding hydrogens is 338 g/mol. The second kappa shape index (κ2) is 5.57. The third kappa shape index (κ3) is 2.33. The van der Waals surface area contributed by atoms with Crippen LogP contribution in [0.25, 0.3) is 0 Å². The molecule has 3 aliphatic carbocycles. The molecule has 1 aromatic rings. The molecule has 0 aromatic heterocycles. The second-order valence-electron chi connectivity index (χ2n) is 8.66. The average Bonchev–Trinajstić information content (AvgIpc) is 2.80. The number of rotatable bonds is 2. The lowest BCUT2D eigenvalue weighted by Crippen LogP contribution is -2.60. The normalized spacial score (nSPS) is 43.9. The third-order valence-electron chi connectivity index (χ3n) is 7.22. The van der Waals surface area contributed by atoms with Gasteiger partial charge in [0, 0.05) is 17.8 Å². The van der Waals surface area contributed by atoms with Gasteiger partial charge in [0.15, 0.2) is 0 Å². The summed E-state index contributed by atoms with van der Waals surface area (Å²) < 4.78 is 0. The van der Waals surface area contributed by atoms with Crippen molar-refractivity contribution in [1.82, 2.24) is 0 Å². The van der Waals surface area contributed by atoms with Crippen molar-refractivity contribution in [2.45, 2.75) is 57.3 Å². The van der Waals surface area contributed by atoms with Crippen LogP contribution in [0.15, 0.2) is 18.2 Å². The van der Waals surface area contributed by atoms with Gasteiger partial charge < -0.3 is 15.3 Å². The van der Waals surface area contributed by atoms with E-state index < -0.39 is 28.3 Å². The summed E-state index contributed by atoms with van der Waals surface area (Å²) in [6, 6.07) is 4.97. The lowest BCUT2D eigenvalue weighted by molar-refractivity contribution is -0.800. The van der Waals surface area contributed by atoms with Gasteiger partial charge in [-0.1, -0.05) is 19.9 Å². The predicted molar refractivity (Wildman–Crippen MR) is 91.7 cm³/mol. The Hall–Kier alpha value is -1.86. The molecule has 0 heterocycles. The number of aliphatic hydroxyl groups excluding tert-OH is 1. The van der Waals surface area contributed by atoms with Crippen LogP contribution in [0.5, 0.6) is 5.75 Å². The molecule has 0 saturated heterocycles. The van der Waals surface area contributed by atoms with Crippen molar-refractivity contribution in [2.24, 2.45) is 23.2 Å². The molecule has 2 saturated carbocycles. The highest BCUT2D eigenvalue weighted by molar-refractivity contribution is 5.42. The van der Waals surface area contributed by atoms with Gasteiger partial charge in [-0.2, -0.15) is 0 Å². The molecule has 4 rings (SSSR count). The molecule has 7 atom stereocenters. The monoisotopic (exact) mass is 363 g/mol. The summed E-state index contributed by atoms with van der Waals surface area (Å²) in [5, 5.41) is 42.1. The van der Waals surface area contributed by atoms with Crippen LogP contribution < -0.4 is 0 Å². The zero-order chi connectivity index (χ0) is 18.9. The van der Waals surface area contributed by atoms with Crippen molar-refractivity contribution in [1.29, 1.82) is 0 Å². The number of fused-ring (bicyclic) bond motifs is 5. The molecule has 0 spiro atoms. The van der Waals surface area contributed by atoms with Gasteiger partial charge in [-0.3, -0.25) is 4.84 Å². The van der Waals surface area contributed by atoms with Gasteiger partial charge >= 0.3 is 0 Å². The van der Waals surface area contributed by atoms with Crippen molar-refractivity contribution in [3.63, 3.8) is 0 Å². The quantitative estimate of drug-likeness (QED) is 0.422. The molecule has 0 aliphatic heterocycles. The van der Waals surface area contributed by atoms with Crippen molar-refractivity contribution >= 4 is 0 Å². The molecule has 0 amide bonds. The van der Waals surface area contributed by atoms with Crippen LogP contribution in [0.4, 0.5) is 0 Å². The van der Waals surface area contributed by atoms with E-state index in [0.29, 0.717) is 6.42 Å². The van der Waals surface area contributed by atoms with Gasteiger partial charge in [0.05, 0.1) is 6.10 Å². The minimum absolute atomic E-state index is 0.0149. The molecule has 0 bridgehead atoms. The number of phenols is 1. The number of aromatic hydroxyl groups is 1. The molecule has 142 valence electrons. The maximum atomic E-state index is 11.4. The van der Waals surface area contributed by atoms with Crippen molar-refractivity contribution in [3.05, 3.63) is 39.4 Å². The third-order valence-corrected chi connectivity index (χ3v) is 7.22. The minimum atomic E-state index is -1.99. The van der Waals surface area contributed by atoms with Gasteiger partial charge in [-0.15, -0.1) is 10.1 Å². The van der Waals surface area contributed by atoms with E-state index in [0.717, 1.165) is 24.0 Å². The van der Waals surface area contributed by atoms with Gasteiger partial charge in [-0.25, -0.2) is 0 Å². The van der Waals surface area contributed by atoms with E-state index in [1.165, 1.54) is 0 Å². The van der Waals surface area contributed by atoms with Crippen LogP contribution in [0.3, 0.4) is 0 Å². The Morgan fingerprint density at radius 1 is 1.35 bits per heavy atom. The average molecular weight is 363 g/mol. The number of aliphatic hydroxyl groups is 2. The lowest BCUT2D eigenvalue weighted by Gasteiger charge is -2.57. The maximum Gasteiger partial charge on any atom is 0.297 e. The van der Waals surface area contributed by atoms with Crippen molar-refractivity contribution in [2.75, 3.05) is 0 Å². The Balaban J connectivity index is 1.89. The molecule has 0 radical (unpaired) electrons. The Kier molecular flexibility index (Phi) is 3.76. The van der Waals surface area contributed by atoms with Gasteiger partial charge in [0.25, 0.3) is 5.09 Å². The standard InChI is InChI=1S/C19H25NO6/c1-10-7-11-8-12(21)3-4-13(11)17-16(10)14-5-6-15(22)18(14,2)9-19(17,23)26-20(24)25/h3-4,8,10,14-17,21-23H,5-7,9H2,1-2H3/t10-,14+,15+,16+,17-,18+,19-/m1/s1. The summed E-state index contributed by atoms with van der Waals surface area (Å²) in [5.74, 6) is -2.14. The van der Waals surface area contributed by atoms with E-state index in [1.807, 2.05) is 6.92 Å². The molecule has 7 heteroatoms.